The molecule has 0 saturated heterocycles. The molecule has 1 N–H and O–H groups in total. The van der Waals surface area contributed by atoms with Crippen LogP contribution in [0.1, 0.15) is 36.8 Å². The molecule has 0 fully saturated rings. The Kier molecular flexibility index (Phi) is 5.66. The van der Waals surface area contributed by atoms with Gasteiger partial charge in [-0.3, -0.25) is 4.79 Å². The van der Waals surface area contributed by atoms with Crippen LogP contribution in [0.15, 0.2) is 33.7 Å². The lowest BCUT2D eigenvalue weighted by Gasteiger charge is -2.07. The third-order valence-electron chi connectivity index (χ3n) is 3.42. The van der Waals surface area contributed by atoms with E-state index in [0.29, 0.717) is 0 Å². The van der Waals surface area contributed by atoms with E-state index < -0.39 is 21.6 Å². The highest BCUT2D eigenvalue weighted by molar-refractivity contribution is 7.91. The van der Waals surface area contributed by atoms with Crippen LogP contribution in [0.2, 0.25) is 0 Å². The van der Waals surface area contributed by atoms with Gasteiger partial charge >= 0.3 is 11.8 Å². The molecule has 0 aliphatic heterocycles. The summed E-state index contributed by atoms with van der Waals surface area (Å²) >= 11 is 0. The van der Waals surface area contributed by atoms with Gasteiger partial charge in [0.2, 0.25) is 0 Å². The maximum absolute atomic E-state index is 12.9. The van der Waals surface area contributed by atoms with Crippen molar-refractivity contribution in [3.8, 4) is 0 Å². The van der Waals surface area contributed by atoms with Gasteiger partial charge in [-0.1, -0.05) is 12.1 Å². The quantitative estimate of drug-likeness (QED) is 0.759. The molecule has 2 aromatic rings. The van der Waals surface area contributed by atoms with E-state index in [1.807, 2.05) is 13.8 Å². The molecule has 0 aliphatic rings. The second kappa shape index (κ2) is 7.52. The van der Waals surface area contributed by atoms with Gasteiger partial charge in [-0.15, -0.1) is 0 Å². The smallest absolute Gasteiger partial charge is 0.315 e. The highest BCUT2D eigenvalue weighted by Gasteiger charge is 2.19. The molecule has 0 saturated carbocycles. The molecule has 0 unspecified atom stereocenters. The number of hydrogen-bond acceptors (Lipinski definition) is 6. The van der Waals surface area contributed by atoms with E-state index >= 15 is 0 Å². The molecule has 7 nitrogen and oxygen atoms in total. The first-order valence-electron chi connectivity index (χ1n) is 7.43. The first-order chi connectivity index (χ1) is 11.3. The molecule has 1 amide bonds. The fourth-order valence-corrected chi connectivity index (χ4v) is 3.06. The highest BCUT2D eigenvalue weighted by atomic mass is 32.2. The number of nitrogens with one attached hydrogen (secondary N) is 1. The average Bonchev–Trinajstić information content (AvgIpc) is 3.02. The number of nitrogens with zero attached hydrogens (tertiary/aromatic N) is 2. The average molecular weight is 355 g/mol. The minimum absolute atomic E-state index is 0.0141. The molecule has 0 radical (unpaired) electrons. The number of carbonyl (C=O) groups is 1. The molecule has 0 aliphatic carbocycles. The number of carbonyl (C=O) groups excluding carboxylic acids is 1. The van der Waals surface area contributed by atoms with E-state index in [0.717, 1.165) is 18.6 Å². The van der Waals surface area contributed by atoms with E-state index in [1.165, 1.54) is 12.1 Å². The summed E-state index contributed by atoms with van der Waals surface area (Å²) in [5.74, 6) is -1.36. The Morgan fingerprint density at radius 2 is 2.00 bits per heavy atom. The molecular formula is C15H18FN3O4S. The van der Waals surface area contributed by atoms with Crippen LogP contribution in [-0.2, 0) is 16.3 Å². The molecule has 1 aromatic carbocycles. The van der Waals surface area contributed by atoms with Gasteiger partial charge in [-0.05, 0) is 37.6 Å². The van der Waals surface area contributed by atoms with Crippen LogP contribution in [-0.4, -0.2) is 36.3 Å². The summed E-state index contributed by atoms with van der Waals surface area (Å²) in [6, 6.07) is 4.53. The fourth-order valence-electron chi connectivity index (χ4n) is 1.82. The summed E-state index contributed by atoms with van der Waals surface area (Å²) < 4.78 is 42.0. The zero-order valence-corrected chi connectivity index (χ0v) is 14.1. The molecule has 1 aromatic heterocycles. The van der Waals surface area contributed by atoms with Gasteiger partial charge in [0, 0.05) is 12.5 Å². The topological polar surface area (TPSA) is 102 Å². The van der Waals surface area contributed by atoms with E-state index in [4.69, 9.17) is 4.52 Å². The van der Waals surface area contributed by atoms with Crippen molar-refractivity contribution in [3.05, 3.63) is 41.8 Å². The standard InChI is InChI=1S/C15H18FN3O4S/c1-3-10(2)17-14(20)15-18-13(19-23-15)8-9-24(21,22)12-6-4-11(16)5-7-12/h4-7,10H,3,8-9H2,1-2H3,(H,17,20)/t10-/m1/s1. The third kappa shape index (κ3) is 4.60. The minimum Gasteiger partial charge on any atom is -0.345 e. The highest BCUT2D eigenvalue weighted by Crippen LogP contribution is 2.13. The van der Waals surface area contributed by atoms with E-state index in [9.17, 15) is 17.6 Å². The molecule has 9 heteroatoms. The monoisotopic (exact) mass is 355 g/mol. The Morgan fingerprint density at radius 3 is 2.62 bits per heavy atom. The number of rotatable bonds is 7. The van der Waals surface area contributed by atoms with Crippen molar-refractivity contribution in [2.24, 2.45) is 0 Å². The van der Waals surface area contributed by atoms with Crippen LogP contribution in [0, 0.1) is 5.82 Å². The Labute approximate surface area is 139 Å². The van der Waals surface area contributed by atoms with Gasteiger partial charge in [0.05, 0.1) is 10.6 Å². The van der Waals surface area contributed by atoms with Crippen LogP contribution in [0.5, 0.6) is 0 Å². The number of benzene rings is 1. The molecular weight excluding hydrogens is 337 g/mol. The molecule has 1 heterocycles. The van der Waals surface area contributed by atoms with Gasteiger partial charge in [0.25, 0.3) is 0 Å². The molecule has 0 bridgehead atoms. The van der Waals surface area contributed by atoms with Gasteiger partial charge in [-0.2, -0.15) is 4.98 Å². The Balaban J connectivity index is 2.00. The molecule has 24 heavy (non-hydrogen) atoms. The normalized spacial score (nSPS) is 12.8. The van der Waals surface area contributed by atoms with Crippen LogP contribution >= 0.6 is 0 Å². The van der Waals surface area contributed by atoms with Gasteiger partial charge < -0.3 is 9.84 Å². The van der Waals surface area contributed by atoms with Crippen molar-refractivity contribution < 1.29 is 22.1 Å². The molecule has 1 atom stereocenters. The first-order valence-corrected chi connectivity index (χ1v) is 9.09. The second-order valence-electron chi connectivity index (χ2n) is 5.32. The lowest BCUT2D eigenvalue weighted by atomic mass is 10.2. The van der Waals surface area contributed by atoms with Gasteiger partial charge in [0.15, 0.2) is 15.7 Å². The van der Waals surface area contributed by atoms with Crippen molar-refractivity contribution in [3.63, 3.8) is 0 Å². The largest absolute Gasteiger partial charge is 0.345 e. The van der Waals surface area contributed by atoms with Crippen LogP contribution in [0.4, 0.5) is 4.39 Å². The lowest BCUT2D eigenvalue weighted by molar-refractivity contribution is 0.0895. The summed E-state index contributed by atoms with van der Waals surface area (Å²) in [6.45, 7) is 3.76. The number of hydrogen-bond donors (Lipinski definition) is 1. The van der Waals surface area contributed by atoms with Crippen molar-refractivity contribution in [1.82, 2.24) is 15.5 Å². The van der Waals surface area contributed by atoms with Gasteiger partial charge in [-0.25, -0.2) is 12.8 Å². The third-order valence-corrected chi connectivity index (χ3v) is 5.15. The van der Waals surface area contributed by atoms with E-state index in [-0.39, 0.29) is 34.8 Å². The predicted molar refractivity (Wildman–Crippen MR) is 83.7 cm³/mol. The molecule has 2 rings (SSSR count). The Morgan fingerprint density at radius 1 is 1.33 bits per heavy atom. The zero-order valence-electron chi connectivity index (χ0n) is 13.3. The summed E-state index contributed by atoms with van der Waals surface area (Å²) in [5.41, 5.74) is 0. The summed E-state index contributed by atoms with van der Waals surface area (Å²) in [7, 11) is -3.60. The number of amides is 1. The summed E-state index contributed by atoms with van der Waals surface area (Å²) in [5, 5.41) is 6.28. The summed E-state index contributed by atoms with van der Waals surface area (Å²) in [4.78, 5) is 15.7. The van der Waals surface area contributed by atoms with E-state index in [2.05, 4.69) is 15.5 Å². The zero-order chi connectivity index (χ0) is 17.7. The van der Waals surface area contributed by atoms with Crippen molar-refractivity contribution in [2.45, 2.75) is 37.6 Å². The maximum atomic E-state index is 12.9. The van der Waals surface area contributed by atoms with Crippen LogP contribution < -0.4 is 5.32 Å². The first kappa shape index (κ1) is 18.1. The van der Waals surface area contributed by atoms with Crippen molar-refractivity contribution in [2.75, 3.05) is 5.75 Å². The second-order valence-corrected chi connectivity index (χ2v) is 7.43. The SMILES string of the molecule is CC[C@@H](C)NC(=O)c1nc(CCS(=O)(=O)c2ccc(F)cc2)no1. The minimum atomic E-state index is -3.60. The lowest BCUT2D eigenvalue weighted by Crippen LogP contribution is -2.32. The van der Waals surface area contributed by atoms with Crippen molar-refractivity contribution in [1.29, 1.82) is 0 Å². The maximum Gasteiger partial charge on any atom is 0.315 e. The molecule has 0 spiro atoms. The van der Waals surface area contributed by atoms with Gasteiger partial charge in [0.1, 0.15) is 5.82 Å². The number of sulfone groups is 1. The number of aryl methyl sites for hydroxylation is 1. The Hall–Kier alpha value is -2.29. The number of aromatic nitrogens is 2. The van der Waals surface area contributed by atoms with Crippen LogP contribution in [0.3, 0.4) is 0 Å². The number of halogens is 1. The molecule has 130 valence electrons. The fraction of sp³-hybridized carbons (Fsp3) is 0.400. The van der Waals surface area contributed by atoms with Crippen molar-refractivity contribution >= 4 is 15.7 Å². The van der Waals surface area contributed by atoms with E-state index in [1.54, 1.807) is 0 Å². The Bertz CT molecular complexity index is 802. The predicted octanol–water partition coefficient (Wildman–Crippen LogP) is 1.75. The van der Waals surface area contributed by atoms with Crippen LogP contribution in [0.25, 0.3) is 0 Å². The summed E-state index contributed by atoms with van der Waals surface area (Å²) in [6.07, 6.45) is 0.739.